The Morgan fingerprint density at radius 1 is 1.19 bits per heavy atom. The van der Waals surface area contributed by atoms with Crippen LogP contribution in [0.1, 0.15) is 52.4 Å². The second-order valence-electron chi connectivity index (χ2n) is 4.09. The van der Waals surface area contributed by atoms with Crippen molar-refractivity contribution in [3.8, 4) is 0 Å². The maximum Gasteiger partial charge on any atom is 0.222 e. The lowest BCUT2D eigenvalue weighted by molar-refractivity contribution is -0.130. The van der Waals surface area contributed by atoms with Crippen LogP contribution in [0.2, 0.25) is 0 Å². The molecular weight excluding hydrogens is 220 g/mol. The van der Waals surface area contributed by atoms with E-state index in [1.165, 1.54) is 12.8 Å². The topological polar surface area (TPSA) is 46.3 Å². The Hall–Kier alpha value is -0.640. The predicted molar refractivity (Wildman–Crippen MR) is 72.4 cm³/mol. The number of carbonyl (C=O) groups excluding carboxylic acids is 1. The lowest BCUT2D eigenvalue weighted by Crippen LogP contribution is -2.38. The van der Waals surface area contributed by atoms with Gasteiger partial charge in [-0.15, -0.1) is 0 Å². The molecule has 0 heterocycles. The van der Waals surface area contributed by atoms with Crippen molar-refractivity contribution in [2.75, 3.05) is 13.1 Å². The molecule has 0 rings (SSSR count). The third-order valence-electron chi connectivity index (χ3n) is 2.44. The van der Waals surface area contributed by atoms with E-state index < -0.39 is 0 Å². The Bertz CT molecular complexity index is 219. The normalized spacial score (nSPS) is 10.1. The highest BCUT2D eigenvalue weighted by molar-refractivity contribution is 7.80. The summed E-state index contributed by atoms with van der Waals surface area (Å²) < 4.78 is 0. The summed E-state index contributed by atoms with van der Waals surface area (Å²) in [6, 6.07) is 0. The second-order valence-corrected chi connectivity index (χ2v) is 4.62. The average Bonchev–Trinajstić information content (AvgIpc) is 2.23. The van der Waals surface area contributed by atoms with Crippen LogP contribution in [0, 0.1) is 0 Å². The molecule has 16 heavy (non-hydrogen) atoms. The van der Waals surface area contributed by atoms with E-state index in [9.17, 15) is 4.79 Å². The number of hydrogen-bond donors (Lipinski definition) is 1. The highest BCUT2D eigenvalue weighted by Gasteiger charge is 2.12. The van der Waals surface area contributed by atoms with Crippen molar-refractivity contribution in [3.05, 3.63) is 0 Å². The molecule has 0 fully saturated rings. The van der Waals surface area contributed by atoms with Gasteiger partial charge >= 0.3 is 0 Å². The van der Waals surface area contributed by atoms with Crippen LogP contribution < -0.4 is 5.73 Å². The Balaban J connectivity index is 3.91. The molecule has 0 saturated heterocycles. The first kappa shape index (κ1) is 15.4. The minimum atomic E-state index is 0.186. The van der Waals surface area contributed by atoms with E-state index in [1.807, 2.05) is 0 Å². The number of rotatable bonds is 9. The lowest BCUT2D eigenvalue weighted by Gasteiger charge is -2.21. The molecule has 0 aromatic heterocycles. The minimum absolute atomic E-state index is 0.186. The predicted octanol–water partition coefficient (Wildman–Crippen LogP) is 2.48. The van der Waals surface area contributed by atoms with E-state index in [0.717, 1.165) is 25.8 Å². The average molecular weight is 244 g/mol. The molecule has 0 unspecified atom stereocenters. The molecule has 0 saturated carbocycles. The summed E-state index contributed by atoms with van der Waals surface area (Å²) >= 11 is 4.84. The van der Waals surface area contributed by atoms with Crippen molar-refractivity contribution in [2.45, 2.75) is 52.4 Å². The van der Waals surface area contributed by atoms with Gasteiger partial charge in [0, 0.05) is 13.0 Å². The molecule has 4 heteroatoms. The first-order valence-electron chi connectivity index (χ1n) is 6.17. The molecule has 0 bridgehead atoms. The zero-order valence-electron chi connectivity index (χ0n) is 10.5. The van der Waals surface area contributed by atoms with E-state index in [2.05, 4.69) is 13.8 Å². The number of hydrogen-bond acceptors (Lipinski definition) is 2. The molecule has 0 aromatic carbocycles. The van der Waals surface area contributed by atoms with Gasteiger partial charge in [0.15, 0.2) is 0 Å². The van der Waals surface area contributed by atoms with Gasteiger partial charge in [0.2, 0.25) is 5.91 Å². The van der Waals surface area contributed by atoms with E-state index in [1.54, 1.807) is 4.90 Å². The number of thiocarbonyl (C=S) groups is 1. The Labute approximate surface area is 104 Å². The fraction of sp³-hybridized carbons (Fsp3) is 0.833. The molecule has 0 atom stereocenters. The molecule has 0 spiro atoms. The van der Waals surface area contributed by atoms with Crippen molar-refractivity contribution in [1.29, 1.82) is 0 Å². The van der Waals surface area contributed by atoms with Crippen molar-refractivity contribution in [3.63, 3.8) is 0 Å². The van der Waals surface area contributed by atoms with Crippen molar-refractivity contribution in [1.82, 2.24) is 4.90 Å². The Morgan fingerprint density at radius 3 is 2.38 bits per heavy atom. The molecule has 0 aromatic rings. The van der Waals surface area contributed by atoms with E-state index in [4.69, 9.17) is 18.0 Å². The van der Waals surface area contributed by atoms with Crippen LogP contribution in [0.3, 0.4) is 0 Å². The molecule has 0 aliphatic carbocycles. The molecule has 2 N–H and O–H groups in total. The number of carbonyl (C=O) groups is 1. The van der Waals surface area contributed by atoms with E-state index >= 15 is 0 Å². The van der Waals surface area contributed by atoms with Gasteiger partial charge in [0.05, 0.1) is 11.5 Å². The van der Waals surface area contributed by atoms with Crippen LogP contribution in [0.5, 0.6) is 0 Å². The van der Waals surface area contributed by atoms with Crippen molar-refractivity contribution < 1.29 is 4.79 Å². The van der Waals surface area contributed by atoms with Crippen LogP contribution in [-0.2, 0) is 4.79 Å². The first-order valence-corrected chi connectivity index (χ1v) is 6.58. The fourth-order valence-electron chi connectivity index (χ4n) is 1.61. The molecule has 0 radical (unpaired) electrons. The van der Waals surface area contributed by atoms with E-state index in [-0.39, 0.29) is 5.91 Å². The fourth-order valence-corrected chi connectivity index (χ4v) is 1.77. The van der Waals surface area contributed by atoms with Gasteiger partial charge in [0.1, 0.15) is 0 Å². The van der Waals surface area contributed by atoms with Crippen LogP contribution >= 0.6 is 12.2 Å². The largest absolute Gasteiger partial charge is 0.392 e. The van der Waals surface area contributed by atoms with E-state index in [0.29, 0.717) is 18.0 Å². The maximum absolute atomic E-state index is 11.8. The third kappa shape index (κ3) is 7.63. The zero-order chi connectivity index (χ0) is 12.4. The standard InChI is InChI=1S/C12H24N2OS/c1-3-5-6-7-8-12(15)14(9-4-2)10-11(13)16/h3-10H2,1-2H3,(H2,13,16). The van der Waals surface area contributed by atoms with Gasteiger partial charge in [-0.3, -0.25) is 4.79 Å². The monoisotopic (exact) mass is 244 g/mol. The molecule has 3 nitrogen and oxygen atoms in total. The summed E-state index contributed by atoms with van der Waals surface area (Å²) in [5.41, 5.74) is 5.48. The number of unbranched alkanes of at least 4 members (excludes halogenated alkanes) is 3. The van der Waals surface area contributed by atoms with Gasteiger partial charge in [0.25, 0.3) is 0 Å². The quantitative estimate of drug-likeness (QED) is 0.500. The summed E-state index contributed by atoms with van der Waals surface area (Å²) in [4.78, 5) is 14.0. The maximum atomic E-state index is 11.8. The molecule has 0 aliphatic heterocycles. The van der Waals surface area contributed by atoms with Gasteiger partial charge in [-0.05, 0) is 12.8 Å². The van der Waals surface area contributed by atoms with Crippen LogP contribution in [-0.4, -0.2) is 28.9 Å². The summed E-state index contributed by atoms with van der Waals surface area (Å²) in [6.07, 6.45) is 6.08. The van der Waals surface area contributed by atoms with Gasteiger partial charge in [-0.2, -0.15) is 0 Å². The molecular formula is C12H24N2OS. The van der Waals surface area contributed by atoms with Crippen LogP contribution in [0.4, 0.5) is 0 Å². The van der Waals surface area contributed by atoms with Crippen molar-refractivity contribution >= 4 is 23.1 Å². The SMILES string of the molecule is CCCCCCC(=O)N(CCC)CC(N)=S. The number of nitrogens with zero attached hydrogens (tertiary/aromatic N) is 1. The van der Waals surface area contributed by atoms with Crippen LogP contribution in [0.25, 0.3) is 0 Å². The summed E-state index contributed by atoms with van der Waals surface area (Å²) in [5.74, 6) is 0.186. The zero-order valence-corrected chi connectivity index (χ0v) is 11.3. The van der Waals surface area contributed by atoms with Gasteiger partial charge < -0.3 is 10.6 Å². The lowest BCUT2D eigenvalue weighted by atomic mass is 10.1. The summed E-state index contributed by atoms with van der Waals surface area (Å²) in [5, 5.41) is 0. The highest BCUT2D eigenvalue weighted by atomic mass is 32.1. The smallest absolute Gasteiger partial charge is 0.222 e. The molecule has 94 valence electrons. The summed E-state index contributed by atoms with van der Waals surface area (Å²) in [7, 11) is 0. The second kappa shape index (κ2) is 9.58. The Kier molecular flexibility index (Phi) is 9.19. The molecule has 1 amide bonds. The highest BCUT2D eigenvalue weighted by Crippen LogP contribution is 2.05. The first-order chi connectivity index (χ1) is 7.61. The van der Waals surface area contributed by atoms with Crippen LogP contribution in [0.15, 0.2) is 0 Å². The number of nitrogens with two attached hydrogens (primary N) is 1. The van der Waals surface area contributed by atoms with Crippen molar-refractivity contribution in [2.24, 2.45) is 5.73 Å². The Morgan fingerprint density at radius 2 is 1.88 bits per heavy atom. The third-order valence-corrected chi connectivity index (χ3v) is 2.57. The minimum Gasteiger partial charge on any atom is -0.392 e. The number of amides is 1. The molecule has 0 aliphatic rings. The van der Waals surface area contributed by atoms with Gasteiger partial charge in [-0.25, -0.2) is 0 Å². The van der Waals surface area contributed by atoms with Gasteiger partial charge in [-0.1, -0.05) is 45.3 Å². The summed E-state index contributed by atoms with van der Waals surface area (Å²) in [6.45, 7) is 5.40.